The quantitative estimate of drug-likeness (QED) is 0.231. The van der Waals surface area contributed by atoms with Crippen molar-refractivity contribution in [3.8, 4) is 34.3 Å². The maximum Gasteiger partial charge on any atom is 0.254 e. The van der Waals surface area contributed by atoms with Crippen LogP contribution in [-0.4, -0.2) is 24.8 Å². The third kappa shape index (κ3) is 4.77. The van der Waals surface area contributed by atoms with Crippen LogP contribution in [0.1, 0.15) is 35.4 Å². The molecule has 0 aliphatic rings. The molecular formula is C31H27N5O4. The zero-order valence-electron chi connectivity index (χ0n) is 22.6. The fourth-order valence-corrected chi connectivity index (χ4v) is 4.94. The zero-order valence-corrected chi connectivity index (χ0v) is 22.6. The summed E-state index contributed by atoms with van der Waals surface area (Å²) in [6, 6.07) is 21.2. The molecule has 0 spiro atoms. The molecular weight excluding hydrogens is 506 g/mol. The molecule has 0 radical (unpaired) electrons. The molecule has 0 unspecified atom stereocenters. The van der Waals surface area contributed by atoms with Crippen LogP contribution in [0.4, 0.5) is 0 Å². The highest BCUT2D eigenvalue weighted by atomic mass is 16.5. The van der Waals surface area contributed by atoms with Gasteiger partial charge in [-0.1, -0.05) is 47.6 Å². The number of pyridine rings is 1. The van der Waals surface area contributed by atoms with Gasteiger partial charge in [0, 0.05) is 42.0 Å². The Morgan fingerprint density at radius 2 is 1.45 bits per heavy atom. The first-order valence-electron chi connectivity index (χ1n) is 13.0. The summed E-state index contributed by atoms with van der Waals surface area (Å²) in [6.07, 6.45) is 0.642. The Balaban J connectivity index is 1.40. The van der Waals surface area contributed by atoms with E-state index >= 15 is 0 Å². The van der Waals surface area contributed by atoms with Gasteiger partial charge in [0.25, 0.3) is 5.56 Å². The van der Waals surface area contributed by atoms with Crippen LogP contribution >= 0.6 is 0 Å². The van der Waals surface area contributed by atoms with Crippen LogP contribution in [0.2, 0.25) is 0 Å². The summed E-state index contributed by atoms with van der Waals surface area (Å²) in [5.74, 6) is 3.24. The summed E-state index contributed by atoms with van der Waals surface area (Å²) in [7, 11) is 0. The highest BCUT2D eigenvalue weighted by Crippen LogP contribution is 2.30. The largest absolute Gasteiger partial charge is 0.457 e. The minimum absolute atomic E-state index is 0.0140. The van der Waals surface area contributed by atoms with E-state index in [0.29, 0.717) is 47.9 Å². The van der Waals surface area contributed by atoms with Crippen molar-refractivity contribution >= 4 is 10.9 Å². The Labute approximate surface area is 230 Å². The first-order chi connectivity index (χ1) is 19.4. The van der Waals surface area contributed by atoms with Crippen molar-refractivity contribution in [2.75, 3.05) is 0 Å². The van der Waals surface area contributed by atoms with Crippen molar-refractivity contribution in [1.82, 2.24) is 24.8 Å². The summed E-state index contributed by atoms with van der Waals surface area (Å²) in [4.78, 5) is 22.4. The van der Waals surface area contributed by atoms with E-state index < -0.39 is 0 Å². The molecule has 0 fully saturated rings. The standard InChI is InChI=1S/C31H27N5O4/c1-5-26-18(2)27-13-12-25(38-24-11-7-10-23(15-24)30-33-20(4)40-35-30)16-28(27)36(31(26)37)17-21-8-6-9-22(14-21)29-32-19(3)39-34-29/h6-16H,5,17H2,1-4H3. The average molecular weight is 534 g/mol. The van der Waals surface area contributed by atoms with Gasteiger partial charge in [-0.2, -0.15) is 9.97 Å². The molecule has 6 aromatic rings. The number of aryl methyl sites for hydroxylation is 3. The third-order valence-electron chi connectivity index (χ3n) is 6.88. The molecule has 0 saturated carbocycles. The molecule has 9 heteroatoms. The molecule has 0 bridgehead atoms. The number of nitrogens with zero attached hydrogens (tertiary/aromatic N) is 5. The van der Waals surface area contributed by atoms with Crippen molar-refractivity contribution in [3.05, 3.63) is 106 Å². The van der Waals surface area contributed by atoms with Crippen LogP contribution in [0, 0.1) is 20.8 Å². The van der Waals surface area contributed by atoms with Gasteiger partial charge in [0.05, 0.1) is 12.1 Å². The Morgan fingerprint density at radius 1 is 0.800 bits per heavy atom. The molecule has 0 saturated heterocycles. The summed E-state index contributed by atoms with van der Waals surface area (Å²) in [5, 5.41) is 9.04. The Morgan fingerprint density at radius 3 is 2.10 bits per heavy atom. The summed E-state index contributed by atoms with van der Waals surface area (Å²) < 4.78 is 18.3. The number of aromatic nitrogens is 5. The lowest BCUT2D eigenvalue weighted by molar-refractivity contribution is 0.394. The molecule has 40 heavy (non-hydrogen) atoms. The first-order valence-corrected chi connectivity index (χ1v) is 13.0. The monoisotopic (exact) mass is 533 g/mol. The SMILES string of the molecule is CCc1c(C)c2ccc(Oc3cccc(-c4noc(C)n4)c3)cc2n(Cc2cccc(-c3noc(C)n3)c2)c1=O. The maximum absolute atomic E-state index is 13.7. The Hall–Kier alpha value is -5.05. The van der Waals surface area contributed by atoms with Crippen LogP contribution in [0.15, 0.2) is 80.6 Å². The number of benzene rings is 3. The molecule has 6 rings (SSSR count). The zero-order chi connectivity index (χ0) is 27.8. The summed E-state index contributed by atoms with van der Waals surface area (Å²) in [6.45, 7) is 7.90. The van der Waals surface area contributed by atoms with E-state index in [2.05, 4.69) is 20.3 Å². The molecule has 3 aromatic carbocycles. The van der Waals surface area contributed by atoms with Gasteiger partial charge in [0.1, 0.15) is 11.5 Å². The van der Waals surface area contributed by atoms with Crippen molar-refractivity contribution in [3.63, 3.8) is 0 Å². The predicted octanol–water partition coefficient (Wildman–Crippen LogP) is 6.43. The maximum atomic E-state index is 13.7. The normalized spacial score (nSPS) is 11.3. The highest BCUT2D eigenvalue weighted by Gasteiger charge is 2.16. The fourth-order valence-electron chi connectivity index (χ4n) is 4.94. The Bertz CT molecular complexity index is 1920. The van der Waals surface area contributed by atoms with Gasteiger partial charge in [-0.25, -0.2) is 0 Å². The van der Waals surface area contributed by atoms with Crippen LogP contribution in [-0.2, 0) is 13.0 Å². The van der Waals surface area contributed by atoms with Gasteiger partial charge in [0.2, 0.25) is 23.4 Å². The van der Waals surface area contributed by atoms with Gasteiger partial charge in [-0.05, 0) is 54.8 Å². The van der Waals surface area contributed by atoms with Crippen molar-refractivity contribution < 1.29 is 13.8 Å². The topological polar surface area (TPSA) is 109 Å². The molecule has 9 nitrogen and oxygen atoms in total. The van der Waals surface area contributed by atoms with Crippen molar-refractivity contribution in [2.24, 2.45) is 0 Å². The summed E-state index contributed by atoms with van der Waals surface area (Å²) >= 11 is 0. The second-order valence-electron chi connectivity index (χ2n) is 9.63. The molecule has 0 N–H and O–H groups in total. The molecule has 0 atom stereocenters. The predicted molar refractivity (Wildman–Crippen MR) is 150 cm³/mol. The number of hydrogen-bond donors (Lipinski definition) is 0. The van der Waals surface area contributed by atoms with E-state index in [1.165, 1.54) is 0 Å². The van der Waals surface area contributed by atoms with Gasteiger partial charge in [-0.15, -0.1) is 0 Å². The van der Waals surface area contributed by atoms with Gasteiger partial charge >= 0.3 is 0 Å². The fraction of sp³-hybridized carbons (Fsp3) is 0.194. The van der Waals surface area contributed by atoms with Crippen molar-refractivity contribution in [1.29, 1.82) is 0 Å². The van der Waals surface area contributed by atoms with Crippen LogP contribution in [0.3, 0.4) is 0 Å². The minimum atomic E-state index is -0.0140. The second kappa shape index (κ2) is 10.3. The van der Waals surface area contributed by atoms with Crippen LogP contribution < -0.4 is 10.3 Å². The number of ether oxygens (including phenoxy) is 1. The molecule has 0 amide bonds. The van der Waals surface area contributed by atoms with E-state index in [0.717, 1.165) is 38.7 Å². The smallest absolute Gasteiger partial charge is 0.254 e. The van der Waals surface area contributed by atoms with Crippen LogP contribution in [0.25, 0.3) is 33.7 Å². The molecule has 3 heterocycles. The lowest BCUT2D eigenvalue weighted by atomic mass is 10.0. The van der Waals surface area contributed by atoms with E-state index in [1.807, 2.05) is 85.1 Å². The molecule has 3 aromatic heterocycles. The van der Waals surface area contributed by atoms with E-state index in [-0.39, 0.29) is 5.56 Å². The van der Waals surface area contributed by atoms with E-state index in [4.69, 9.17) is 13.8 Å². The third-order valence-corrected chi connectivity index (χ3v) is 6.88. The second-order valence-corrected chi connectivity index (χ2v) is 9.63. The lowest BCUT2D eigenvalue weighted by Crippen LogP contribution is -2.26. The van der Waals surface area contributed by atoms with Gasteiger partial charge in [-0.3, -0.25) is 4.79 Å². The van der Waals surface area contributed by atoms with E-state index in [1.54, 1.807) is 13.8 Å². The number of hydrogen-bond acceptors (Lipinski definition) is 8. The van der Waals surface area contributed by atoms with E-state index in [9.17, 15) is 4.79 Å². The van der Waals surface area contributed by atoms with Gasteiger partial charge in [0.15, 0.2) is 0 Å². The highest BCUT2D eigenvalue weighted by molar-refractivity contribution is 5.85. The summed E-state index contributed by atoms with van der Waals surface area (Å²) in [5.41, 5.74) is 5.12. The molecule has 0 aliphatic heterocycles. The Kier molecular flexibility index (Phi) is 6.47. The number of rotatable bonds is 7. The minimum Gasteiger partial charge on any atom is -0.457 e. The average Bonchev–Trinajstić information content (AvgIpc) is 3.60. The van der Waals surface area contributed by atoms with Gasteiger partial charge < -0.3 is 18.4 Å². The van der Waals surface area contributed by atoms with Crippen molar-refractivity contribution in [2.45, 2.75) is 40.7 Å². The molecule has 0 aliphatic carbocycles. The first kappa shape index (κ1) is 25.2. The van der Waals surface area contributed by atoms with Crippen LogP contribution in [0.5, 0.6) is 11.5 Å². The lowest BCUT2D eigenvalue weighted by Gasteiger charge is -2.17. The number of fused-ring (bicyclic) bond motifs is 1. The molecule has 200 valence electrons.